The Kier molecular flexibility index (Phi) is 5.42. The summed E-state index contributed by atoms with van der Waals surface area (Å²) in [5, 5.41) is 8.24. The van der Waals surface area contributed by atoms with Gasteiger partial charge in [-0.3, -0.25) is 5.32 Å². The maximum absolute atomic E-state index is 13.6. The van der Waals surface area contributed by atoms with Gasteiger partial charge < -0.3 is 10.6 Å². The molecule has 0 unspecified atom stereocenters. The highest BCUT2D eigenvalue weighted by Gasteiger charge is 2.15. The minimum Gasteiger partial charge on any atom is -0.349 e. The molecule has 2 amide bonds. The Morgan fingerprint density at radius 1 is 1.04 bits per heavy atom. The second kappa shape index (κ2) is 7.92. The minimum absolute atomic E-state index is 0.207. The highest BCUT2D eigenvalue weighted by Crippen LogP contribution is 2.23. The van der Waals surface area contributed by atoms with E-state index < -0.39 is 11.6 Å². The zero-order chi connectivity index (χ0) is 17.6. The molecular weight excluding hydrogens is 326 g/mol. The lowest BCUT2D eigenvalue weighted by molar-refractivity contribution is 0.244. The number of hydrogen-bond acceptors (Lipinski definition) is 3. The lowest BCUT2D eigenvalue weighted by Gasteiger charge is -2.22. The molecule has 0 radical (unpaired) electrons. The van der Waals surface area contributed by atoms with E-state index in [-0.39, 0.29) is 17.8 Å². The Balaban J connectivity index is 1.57. The Bertz CT molecular complexity index is 710. The number of urea groups is 1. The number of hydrogen-bond donors (Lipinski definition) is 3. The Morgan fingerprint density at radius 2 is 1.76 bits per heavy atom. The summed E-state index contributed by atoms with van der Waals surface area (Å²) in [6.07, 6.45) is 6.89. The summed E-state index contributed by atoms with van der Waals surface area (Å²) in [6, 6.07) is 6.72. The van der Waals surface area contributed by atoms with Crippen molar-refractivity contribution in [2.45, 2.75) is 38.1 Å². The Hall–Kier alpha value is -2.70. The number of carbonyl (C=O) groups is 1. The summed E-state index contributed by atoms with van der Waals surface area (Å²) in [7, 11) is 0. The molecule has 3 N–H and O–H groups in total. The molecule has 0 spiro atoms. The first-order valence-electron chi connectivity index (χ1n) is 8.36. The van der Waals surface area contributed by atoms with Gasteiger partial charge >= 0.3 is 6.03 Å². The topological polar surface area (TPSA) is 66.0 Å². The predicted molar refractivity (Wildman–Crippen MR) is 92.9 cm³/mol. The average Bonchev–Trinajstić information content (AvgIpc) is 2.60. The maximum Gasteiger partial charge on any atom is 0.320 e. The van der Waals surface area contributed by atoms with Crippen molar-refractivity contribution in [1.82, 2.24) is 10.3 Å². The van der Waals surface area contributed by atoms with Crippen molar-refractivity contribution in [2.24, 2.45) is 0 Å². The van der Waals surface area contributed by atoms with Gasteiger partial charge in [0.2, 0.25) is 0 Å². The van der Waals surface area contributed by atoms with Crippen LogP contribution >= 0.6 is 0 Å². The number of aromatic nitrogens is 1. The molecule has 1 aromatic heterocycles. The van der Waals surface area contributed by atoms with Gasteiger partial charge in [0.05, 0.1) is 11.9 Å². The number of carbonyl (C=O) groups excluding carboxylic acids is 1. The molecule has 0 atom stereocenters. The molecule has 25 heavy (non-hydrogen) atoms. The van der Waals surface area contributed by atoms with Crippen molar-refractivity contribution < 1.29 is 13.6 Å². The third-order valence-electron chi connectivity index (χ3n) is 4.18. The van der Waals surface area contributed by atoms with Crippen molar-refractivity contribution in [3.63, 3.8) is 0 Å². The van der Waals surface area contributed by atoms with Crippen molar-refractivity contribution in [1.29, 1.82) is 0 Å². The summed E-state index contributed by atoms with van der Waals surface area (Å²) in [6.45, 7) is 0. The Labute approximate surface area is 144 Å². The average molecular weight is 346 g/mol. The van der Waals surface area contributed by atoms with Crippen molar-refractivity contribution in [3.05, 3.63) is 48.2 Å². The molecular formula is C18H20F2N4O. The number of benzene rings is 1. The molecule has 2 aromatic rings. The smallest absolute Gasteiger partial charge is 0.320 e. The van der Waals surface area contributed by atoms with E-state index in [4.69, 9.17) is 0 Å². The predicted octanol–water partition coefficient (Wildman–Crippen LogP) is 4.56. The number of para-hydroxylation sites is 1. The van der Waals surface area contributed by atoms with Crippen LogP contribution in [0.4, 0.5) is 30.8 Å². The fraction of sp³-hybridized carbons (Fsp3) is 0.333. The third-order valence-corrected chi connectivity index (χ3v) is 4.18. The van der Waals surface area contributed by atoms with Gasteiger partial charge in [0.1, 0.15) is 23.1 Å². The fourth-order valence-corrected chi connectivity index (χ4v) is 2.89. The lowest BCUT2D eigenvalue weighted by Crippen LogP contribution is -2.39. The molecule has 0 aliphatic heterocycles. The fourth-order valence-electron chi connectivity index (χ4n) is 2.89. The second-order valence-corrected chi connectivity index (χ2v) is 6.09. The number of halogens is 2. The van der Waals surface area contributed by atoms with Crippen molar-refractivity contribution in [3.8, 4) is 0 Å². The van der Waals surface area contributed by atoms with E-state index in [1.807, 2.05) is 0 Å². The van der Waals surface area contributed by atoms with Crippen molar-refractivity contribution in [2.75, 3.05) is 10.6 Å². The SMILES string of the molecule is O=C(Nc1ccc(Nc2c(F)cccc2F)cn1)NC1CCCCC1. The van der Waals surface area contributed by atoms with Gasteiger partial charge in [0.15, 0.2) is 0 Å². The second-order valence-electron chi connectivity index (χ2n) is 6.09. The molecule has 0 bridgehead atoms. The van der Waals surface area contributed by atoms with Crippen LogP contribution in [0.2, 0.25) is 0 Å². The van der Waals surface area contributed by atoms with E-state index in [1.54, 1.807) is 12.1 Å². The van der Waals surface area contributed by atoms with E-state index in [2.05, 4.69) is 20.9 Å². The number of rotatable bonds is 4. The number of nitrogens with one attached hydrogen (secondary N) is 3. The molecule has 132 valence electrons. The number of pyridine rings is 1. The molecule has 1 aromatic carbocycles. The normalized spacial score (nSPS) is 14.8. The quantitative estimate of drug-likeness (QED) is 0.760. The van der Waals surface area contributed by atoms with E-state index in [0.29, 0.717) is 11.5 Å². The van der Waals surface area contributed by atoms with Gasteiger partial charge in [0, 0.05) is 6.04 Å². The molecule has 1 saturated carbocycles. The summed E-state index contributed by atoms with van der Waals surface area (Å²) in [5.74, 6) is -1.00. The van der Waals surface area contributed by atoms with E-state index >= 15 is 0 Å². The van der Waals surface area contributed by atoms with Crippen LogP contribution in [-0.4, -0.2) is 17.1 Å². The van der Waals surface area contributed by atoms with Crippen LogP contribution < -0.4 is 16.0 Å². The first-order chi connectivity index (χ1) is 12.1. The van der Waals surface area contributed by atoms with Crippen LogP contribution in [0.5, 0.6) is 0 Å². The van der Waals surface area contributed by atoms with Crippen molar-refractivity contribution >= 4 is 23.2 Å². The molecule has 5 nitrogen and oxygen atoms in total. The molecule has 1 aliphatic carbocycles. The van der Waals surface area contributed by atoms with E-state index in [0.717, 1.165) is 25.7 Å². The summed E-state index contributed by atoms with van der Waals surface area (Å²) < 4.78 is 27.2. The largest absolute Gasteiger partial charge is 0.349 e. The van der Waals surface area contributed by atoms with E-state index in [9.17, 15) is 13.6 Å². The van der Waals surface area contributed by atoms with Gasteiger partial charge in [-0.1, -0.05) is 25.3 Å². The maximum atomic E-state index is 13.6. The lowest BCUT2D eigenvalue weighted by atomic mass is 9.96. The van der Waals surface area contributed by atoms with Crippen LogP contribution in [0, 0.1) is 11.6 Å². The number of anilines is 3. The molecule has 0 saturated heterocycles. The monoisotopic (exact) mass is 346 g/mol. The van der Waals surface area contributed by atoms with Crippen LogP contribution in [-0.2, 0) is 0 Å². The first-order valence-corrected chi connectivity index (χ1v) is 8.36. The van der Waals surface area contributed by atoms with Crippen LogP contribution in [0.15, 0.2) is 36.5 Å². The van der Waals surface area contributed by atoms with Gasteiger partial charge in [-0.05, 0) is 37.1 Å². The standard InChI is InChI=1S/C18H20F2N4O/c19-14-7-4-8-15(20)17(14)22-13-9-10-16(21-11-13)24-18(25)23-12-5-2-1-3-6-12/h4,7-12,22H,1-3,5-6H2,(H2,21,23,24,25). The summed E-state index contributed by atoms with van der Waals surface area (Å²) >= 11 is 0. The highest BCUT2D eigenvalue weighted by atomic mass is 19.1. The third kappa shape index (κ3) is 4.65. The molecule has 3 rings (SSSR count). The van der Waals surface area contributed by atoms with Gasteiger partial charge in [-0.25, -0.2) is 18.6 Å². The van der Waals surface area contributed by atoms with Crippen LogP contribution in [0.1, 0.15) is 32.1 Å². The molecule has 1 heterocycles. The summed E-state index contributed by atoms with van der Waals surface area (Å²) in [5.41, 5.74) is 0.183. The van der Waals surface area contributed by atoms with Gasteiger partial charge in [-0.15, -0.1) is 0 Å². The first kappa shape index (κ1) is 17.1. The minimum atomic E-state index is -0.686. The van der Waals surface area contributed by atoms with Gasteiger partial charge in [-0.2, -0.15) is 0 Å². The molecule has 1 aliphatic rings. The summed E-state index contributed by atoms with van der Waals surface area (Å²) in [4.78, 5) is 16.1. The zero-order valence-electron chi connectivity index (χ0n) is 13.7. The Morgan fingerprint density at radius 3 is 2.40 bits per heavy atom. The van der Waals surface area contributed by atoms with Crippen LogP contribution in [0.25, 0.3) is 0 Å². The zero-order valence-corrected chi connectivity index (χ0v) is 13.7. The highest BCUT2D eigenvalue weighted by molar-refractivity contribution is 5.88. The number of nitrogens with zero attached hydrogens (tertiary/aromatic N) is 1. The number of amides is 2. The van der Waals surface area contributed by atoms with Gasteiger partial charge in [0.25, 0.3) is 0 Å². The van der Waals surface area contributed by atoms with Crippen LogP contribution in [0.3, 0.4) is 0 Å². The molecule has 7 heteroatoms. The van der Waals surface area contributed by atoms with E-state index in [1.165, 1.54) is 30.8 Å². The molecule has 1 fully saturated rings.